The van der Waals surface area contributed by atoms with Crippen LogP contribution in [0.3, 0.4) is 0 Å². The fourth-order valence-electron chi connectivity index (χ4n) is 2.97. The maximum Gasteiger partial charge on any atom is 0.0701 e. The van der Waals surface area contributed by atoms with Crippen LogP contribution in [-0.4, -0.2) is 24.0 Å². The van der Waals surface area contributed by atoms with Gasteiger partial charge >= 0.3 is 0 Å². The largest absolute Gasteiger partial charge is 0.305 e. The third-order valence-corrected chi connectivity index (χ3v) is 5.94. The SMILES string of the molecule is CC1CNC(C)(c2ccccc2)CN1Cc1ccc(Br)s1. The lowest BCUT2D eigenvalue weighted by atomic mass is 9.88. The van der Waals surface area contributed by atoms with E-state index in [4.69, 9.17) is 0 Å². The standard InChI is InChI=1S/C17H21BrN2S/c1-13-10-19-17(2,14-6-4-3-5-7-14)12-20(13)11-15-8-9-16(18)21-15/h3-9,13,19H,10-12H2,1-2H3. The third kappa shape index (κ3) is 3.39. The maximum absolute atomic E-state index is 3.73. The first kappa shape index (κ1) is 15.2. The molecule has 0 saturated carbocycles. The molecular formula is C17H21BrN2S. The van der Waals surface area contributed by atoms with Crippen LogP contribution in [0.4, 0.5) is 0 Å². The average molecular weight is 365 g/mol. The molecule has 1 fully saturated rings. The normalized spacial score (nSPS) is 26.9. The monoisotopic (exact) mass is 364 g/mol. The Kier molecular flexibility index (Phi) is 4.50. The van der Waals surface area contributed by atoms with Crippen molar-refractivity contribution < 1.29 is 0 Å². The fraction of sp³-hybridized carbons (Fsp3) is 0.412. The van der Waals surface area contributed by atoms with E-state index in [1.54, 1.807) is 0 Å². The summed E-state index contributed by atoms with van der Waals surface area (Å²) in [6.07, 6.45) is 0. The van der Waals surface area contributed by atoms with E-state index in [0.29, 0.717) is 6.04 Å². The molecule has 1 N–H and O–H groups in total. The van der Waals surface area contributed by atoms with Crippen LogP contribution in [0.2, 0.25) is 0 Å². The first-order valence-corrected chi connectivity index (χ1v) is 8.97. The summed E-state index contributed by atoms with van der Waals surface area (Å²) in [5.74, 6) is 0. The highest BCUT2D eigenvalue weighted by Crippen LogP contribution is 2.29. The van der Waals surface area contributed by atoms with Gasteiger partial charge in [0.15, 0.2) is 0 Å². The van der Waals surface area contributed by atoms with Crippen molar-refractivity contribution in [2.24, 2.45) is 0 Å². The molecule has 0 aliphatic carbocycles. The lowest BCUT2D eigenvalue weighted by molar-refractivity contribution is 0.0887. The highest BCUT2D eigenvalue weighted by atomic mass is 79.9. The Hall–Kier alpha value is -0.680. The number of rotatable bonds is 3. The molecule has 2 nitrogen and oxygen atoms in total. The van der Waals surface area contributed by atoms with Gasteiger partial charge in [-0.15, -0.1) is 11.3 Å². The van der Waals surface area contributed by atoms with Crippen LogP contribution in [0.5, 0.6) is 0 Å². The van der Waals surface area contributed by atoms with Gasteiger partial charge in [-0.2, -0.15) is 0 Å². The number of benzene rings is 1. The predicted molar refractivity (Wildman–Crippen MR) is 93.7 cm³/mol. The third-order valence-electron chi connectivity index (χ3n) is 4.33. The summed E-state index contributed by atoms with van der Waals surface area (Å²) < 4.78 is 1.21. The van der Waals surface area contributed by atoms with Crippen molar-refractivity contribution in [1.82, 2.24) is 10.2 Å². The maximum atomic E-state index is 3.73. The molecule has 1 aromatic heterocycles. The van der Waals surface area contributed by atoms with Gasteiger partial charge in [-0.3, -0.25) is 4.90 Å². The van der Waals surface area contributed by atoms with E-state index >= 15 is 0 Å². The summed E-state index contributed by atoms with van der Waals surface area (Å²) in [5.41, 5.74) is 1.40. The first-order valence-electron chi connectivity index (χ1n) is 7.36. The Balaban J connectivity index is 1.78. The molecule has 1 aliphatic rings. The molecule has 2 unspecified atom stereocenters. The number of hydrogen-bond acceptors (Lipinski definition) is 3. The fourth-order valence-corrected chi connectivity index (χ4v) is 4.48. The van der Waals surface area contributed by atoms with E-state index in [0.717, 1.165) is 19.6 Å². The van der Waals surface area contributed by atoms with E-state index in [2.05, 4.69) is 82.5 Å². The molecule has 2 atom stereocenters. The van der Waals surface area contributed by atoms with Crippen molar-refractivity contribution in [2.45, 2.75) is 32.0 Å². The average Bonchev–Trinajstić information content (AvgIpc) is 2.89. The smallest absolute Gasteiger partial charge is 0.0701 e. The minimum absolute atomic E-state index is 0.0300. The van der Waals surface area contributed by atoms with Crippen LogP contribution in [-0.2, 0) is 12.1 Å². The number of thiophene rings is 1. The molecule has 2 aromatic rings. The second kappa shape index (κ2) is 6.21. The Morgan fingerprint density at radius 1 is 1.29 bits per heavy atom. The van der Waals surface area contributed by atoms with E-state index < -0.39 is 0 Å². The van der Waals surface area contributed by atoms with Crippen LogP contribution >= 0.6 is 27.3 Å². The number of piperazine rings is 1. The molecule has 0 radical (unpaired) electrons. The quantitative estimate of drug-likeness (QED) is 0.876. The summed E-state index contributed by atoms with van der Waals surface area (Å²) in [4.78, 5) is 4.01. The molecule has 1 aliphatic heterocycles. The van der Waals surface area contributed by atoms with Crippen molar-refractivity contribution in [2.75, 3.05) is 13.1 Å². The molecule has 2 heterocycles. The van der Waals surface area contributed by atoms with Crippen molar-refractivity contribution in [1.29, 1.82) is 0 Å². The Morgan fingerprint density at radius 2 is 2.05 bits per heavy atom. The highest BCUT2D eigenvalue weighted by Gasteiger charge is 2.35. The van der Waals surface area contributed by atoms with Crippen LogP contribution in [0.25, 0.3) is 0 Å². The predicted octanol–water partition coefficient (Wildman–Crippen LogP) is 4.22. The second-order valence-electron chi connectivity index (χ2n) is 6.04. The molecule has 21 heavy (non-hydrogen) atoms. The zero-order valence-corrected chi connectivity index (χ0v) is 14.9. The molecule has 0 spiro atoms. The summed E-state index contributed by atoms with van der Waals surface area (Å²) >= 11 is 5.39. The topological polar surface area (TPSA) is 15.3 Å². The molecule has 1 saturated heterocycles. The van der Waals surface area contributed by atoms with Crippen LogP contribution in [0, 0.1) is 0 Å². The summed E-state index contributed by atoms with van der Waals surface area (Å²) in [7, 11) is 0. The van der Waals surface area contributed by atoms with Gasteiger partial charge in [-0.25, -0.2) is 0 Å². The lowest BCUT2D eigenvalue weighted by Gasteiger charge is -2.45. The molecule has 4 heteroatoms. The van der Waals surface area contributed by atoms with Crippen molar-refractivity contribution in [3.8, 4) is 0 Å². The van der Waals surface area contributed by atoms with Gasteiger partial charge in [0, 0.05) is 30.6 Å². The molecule has 0 amide bonds. The van der Waals surface area contributed by atoms with Gasteiger partial charge in [-0.05, 0) is 47.5 Å². The molecule has 0 bridgehead atoms. The Morgan fingerprint density at radius 3 is 2.71 bits per heavy atom. The van der Waals surface area contributed by atoms with Gasteiger partial charge in [-0.1, -0.05) is 30.3 Å². The zero-order chi connectivity index (χ0) is 14.9. The Labute approximate surface area is 139 Å². The van der Waals surface area contributed by atoms with Crippen molar-refractivity contribution >= 4 is 27.3 Å². The molecular weight excluding hydrogens is 344 g/mol. The van der Waals surface area contributed by atoms with Gasteiger partial charge < -0.3 is 5.32 Å². The van der Waals surface area contributed by atoms with Crippen molar-refractivity contribution in [3.05, 3.63) is 56.7 Å². The molecule has 1 aromatic carbocycles. The lowest BCUT2D eigenvalue weighted by Crippen LogP contribution is -2.59. The Bertz CT molecular complexity index is 598. The van der Waals surface area contributed by atoms with Crippen LogP contribution in [0.1, 0.15) is 24.3 Å². The second-order valence-corrected chi connectivity index (χ2v) is 8.59. The van der Waals surface area contributed by atoms with Gasteiger partial charge in [0.2, 0.25) is 0 Å². The van der Waals surface area contributed by atoms with E-state index in [1.807, 2.05) is 11.3 Å². The van der Waals surface area contributed by atoms with E-state index in [9.17, 15) is 0 Å². The highest BCUT2D eigenvalue weighted by molar-refractivity contribution is 9.11. The summed E-state index contributed by atoms with van der Waals surface area (Å²) in [5, 5.41) is 3.73. The van der Waals surface area contributed by atoms with Gasteiger partial charge in [0.1, 0.15) is 0 Å². The van der Waals surface area contributed by atoms with Gasteiger partial charge in [0.05, 0.1) is 9.33 Å². The van der Waals surface area contributed by atoms with E-state index in [1.165, 1.54) is 14.2 Å². The van der Waals surface area contributed by atoms with Crippen LogP contribution < -0.4 is 5.32 Å². The molecule has 3 rings (SSSR count). The number of halogens is 1. The number of nitrogens with one attached hydrogen (secondary N) is 1. The summed E-state index contributed by atoms with van der Waals surface area (Å²) in [6, 6.07) is 15.7. The van der Waals surface area contributed by atoms with Crippen molar-refractivity contribution in [3.63, 3.8) is 0 Å². The molecule has 112 valence electrons. The van der Waals surface area contributed by atoms with E-state index in [-0.39, 0.29) is 5.54 Å². The zero-order valence-electron chi connectivity index (χ0n) is 12.5. The minimum atomic E-state index is 0.0300. The summed E-state index contributed by atoms with van der Waals surface area (Å²) in [6.45, 7) is 7.71. The minimum Gasteiger partial charge on any atom is -0.305 e. The van der Waals surface area contributed by atoms with Gasteiger partial charge in [0.25, 0.3) is 0 Å². The number of hydrogen-bond donors (Lipinski definition) is 1. The number of nitrogens with zero attached hydrogens (tertiary/aromatic N) is 1. The first-order chi connectivity index (χ1) is 10.1. The van der Waals surface area contributed by atoms with Crippen LogP contribution in [0.15, 0.2) is 46.3 Å².